The average molecular weight is 185 g/mol. The van der Waals surface area contributed by atoms with Gasteiger partial charge in [0.2, 0.25) is 0 Å². The van der Waals surface area contributed by atoms with Gasteiger partial charge >= 0.3 is 0 Å². The lowest BCUT2D eigenvalue weighted by Crippen LogP contribution is -2.19. The number of allylic oxidation sites excluding steroid dienone is 2. The van der Waals surface area contributed by atoms with Crippen molar-refractivity contribution in [2.75, 3.05) is 24.3 Å². The van der Waals surface area contributed by atoms with Crippen molar-refractivity contribution in [3.8, 4) is 0 Å². The van der Waals surface area contributed by atoms with Crippen LogP contribution in [-0.2, 0) is 0 Å². The van der Waals surface area contributed by atoms with E-state index in [1.165, 1.54) is 17.1 Å². The summed E-state index contributed by atoms with van der Waals surface area (Å²) in [7, 11) is 0.920. The molecule has 0 spiro atoms. The Labute approximate surface area is 74.7 Å². The molecule has 2 rings (SSSR count). The smallest absolute Gasteiger partial charge is 0.261 e. The SMILES string of the molecule is CNC(=O)S1(CC2C=C2C)CC1. The number of hydrogen-bond acceptors (Lipinski definition) is 1. The fraction of sp³-hybridized carbons (Fsp3) is 0.667. The van der Waals surface area contributed by atoms with Gasteiger partial charge in [0.05, 0.1) is 0 Å². The maximum absolute atomic E-state index is 11.5. The van der Waals surface area contributed by atoms with Gasteiger partial charge in [-0.05, 0) is 24.2 Å². The molecule has 0 bridgehead atoms. The minimum Gasteiger partial charge on any atom is -0.351 e. The predicted octanol–water partition coefficient (Wildman–Crippen LogP) is 1.72. The Balaban J connectivity index is 1.90. The van der Waals surface area contributed by atoms with Gasteiger partial charge in [0.15, 0.2) is 0 Å². The van der Waals surface area contributed by atoms with Gasteiger partial charge in [0, 0.05) is 13.0 Å². The van der Waals surface area contributed by atoms with Crippen molar-refractivity contribution in [2.24, 2.45) is 5.92 Å². The third-order valence-corrected chi connectivity index (χ3v) is 6.11. The monoisotopic (exact) mass is 185 g/mol. The molecule has 0 aromatic carbocycles. The van der Waals surface area contributed by atoms with Crippen LogP contribution in [-0.4, -0.2) is 29.5 Å². The molecule has 1 amide bonds. The first-order valence-corrected chi connectivity index (χ1v) is 6.48. The predicted molar refractivity (Wildman–Crippen MR) is 53.9 cm³/mol. The van der Waals surface area contributed by atoms with Crippen LogP contribution in [0.1, 0.15) is 6.92 Å². The third-order valence-electron chi connectivity index (χ3n) is 2.73. The van der Waals surface area contributed by atoms with Crippen molar-refractivity contribution in [3.63, 3.8) is 0 Å². The number of amides is 1. The summed E-state index contributed by atoms with van der Waals surface area (Å²) in [4.78, 5) is 11.5. The highest BCUT2D eigenvalue weighted by Crippen LogP contribution is 2.64. The Hall–Kier alpha value is -0.440. The summed E-state index contributed by atoms with van der Waals surface area (Å²) in [6.07, 6.45) is 2.27. The summed E-state index contributed by atoms with van der Waals surface area (Å²) in [6, 6.07) is 0. The van der Waals surface area contributed by atoms with E-state index in [1.807, 2.05) is 0 Å². The highest BCUT2D eigenvalue weighted by Gasteiger charge is 2.46. The maximum atomic E-state index is 11.5. The first-order chi connectivity index (χ1) is 5.68. The second-order valence-electron chi connectivity index (χ2n) is 3.67. The molecule has 1 saturated heterocycles. The topological polar surface area (TPSA) is 29.1 Å². The van der Waals surface area contributed by atoms with Crippen LogP contribution in [0.3, 0.4) is 0 Å². The molecule has 1 fully saturated rings. The molecule has 1 unspecified atom stereocenters. The minimum atomic E-state index is -0.832. The first-order valence-electron chi connectivity index (χ1n) is 4.34. The Morgan fingerprint density at radius 1 is 1.75 bits per heavy atom. The van der Waals surface area contributed by atoms with Gasteiger partial charge in [-0.3, -0.25) is 4.79 Å². The molecule has 1 atom stereocenters. The van der Waals surface area contributed by atoms with Crippen LogP contribution in [0.15, 0.2) is 11.6 Å². The normalized spacial score (nSPS) is 31.8. The van der Waals surface area contributed by atoms with Gasteiger partial charge in [-0.15, -0.1) is 0 Å². The van der Waals surface area contributed by atoms with Crippen LogP contribution < -0.4 is 5.32 Å². The van der Waals surface area contributed by atoms with E-state index < -0.39 is 10.0 Å². The van der Waals surface area contributed by atoms with E-state index in [1.54, 1.807) is 7.05 Å². The van der Waals surface area contributed by atoms with Gasteiger partial charge in [0.1, 0.15) is 0 Å². The van der Waals surface area contributed by atoms with Crippen LogP contribution in [0.4, 0.5) is 4.79 Å². The van der Waals surface area contributed by atoms with Crippen molar-refractivity contribution in [2.45, 2.75) is 6.92 Å². The third kappa shape index (κ3) is 1.26. The lowest BCUT2D eigenvalue weighted by molar-refractivity contribution is 0.262. The second kappa shape index (κ2) is 2.52. The van der Waals surface area contributed by atoms with Crippen LogP contribution >= 0.6 is 10.0 Å². The van der Waals surface area contributed by atoms with Gasteiger partial charge in [-0.25, -0.2) is 0 Å². The molecule has 0 aromatic rings. The zero-order valence-corrected chi connectivity index (χ0v) is 8.41. The van der Waals surface area contributed by atoms with Crippen LogP contribution in [0.5, 0.6) is 0 Å². The van der Waals surface area contributed by atoms with E-state index in [2.05, 4.69) is 18.3 Å². The highest BCUT2D eigenvalue weighted by atomic mass is 32.3. The summed E-state index contributed by atoms with van der Waals surface area (Å²) >= 11 is 0. The van der Waals surface area contributed by atoms with Gasteiger partial charge in [-0.2, -0.15) is 10.0 Å². The lowest BCUT2D eigenvalue weighted by Gasteiger charge is -2.17. The molecule has 1 aliphatic carbocycles. The van der Waals surface area contributed by atoms with E-state index in [-0.39, 0.29) is 0 Å². The van der Waals surface area contributed by atoms with Crippen LogP contribution in [0.25, 0.3) is 0 Å². The van der Waals surface area contributed by atoms with Crippen molar-refractivity contribution in [1.82, 2.24) is 5.32 Å². The molecular formula is C9H15NOS. The Bertz CT molecular complexity index is 255. The lowest BCUT2D eigenvalue weighted by atomic mass is 10.4. The summed E-state index contributed by atoms with van der Waals surface area (Å²) in [5, 5.41) is 3.12. The number of hydrogen-bond donors (Lipinski definition) is 1. The fourth-order valence-electron chi connectivity index (χ4n) is 1.54. The van der Waals surface area contributed by atoms with E-state index in [0.717, 1.165) is 5.75 Å². The van der Waals surface area contributed by atoms with Crippen molar-refractivity contribution in [1.29, 1.82) is 0 Å². The molecule has 68 valence electrons. The second-order valence-corrected chi connectivity index (χ2v) is 7.29. The summed E-state index contributed by atoms with van der Waals surface area (Å²) < 4.78 is 0. The number of carbonyl (C=O) groups is 1. The molecule has 1 aliphatic heterocycles. The Kier molecular flexibility index (Phi) is 1.72. The van der Waals surface area contributed by atoms with Crippen molar-refractivity contribution in [3.05, 3.63) is 11.6 Å². The molecule has 0 aromatic heterocycles. The molecule has 2 aliphatic rings. The van der Waals surface area contributed by atoms with E-state index >= 15 is 0 Å². The maximum Gasteiger partial charge on any atom is 0.261 e. The standard InChI is InChI=1S/C9H15NOS/c1-7-5-8(7)6-12(3-4-12)9(11)10-2/h5,8H,3-4,6H2,1-2H3,(H,10,11). The first kappa shape index (κ1) is 8.17. The zero-order chi connectivity index (χ0) is 8.77. The van der Waals surface area contributed by atoms with E-state index in [9.17, 15) is 4.79 Å². The summed E-state index contributed by atoms with van der Waals surface area (Å²) in [5.74, 6) is 4.16. The fourth-order valence-corrected chi connectivity index (χ4v) is 4.68. The minimum absolute atomic E-state index is 0.329. The Morgan fingerprint density at radius 2 is 2.33 bits per heavy atom. The van der Waals surface area contributed by atoms with Gasteiger partial charge in [-0.1, -0.05) is 11.6 Å². The highest BCUT2D eigenvalue weighted by molar-refractivity contribution is 8.50. The molecular weight excluding hydrogens is 170 g/mol. The molecule has 1 N–H and O–H groups in total. The number of carbonyl (C=O) groups excluding carboxylic acids is 1. The van der Waals surface area contributed by atoms with E-state index in [0.29, 0.717) is 11.2 Å². The quantitative estimate of drug-likeness (QED) is 0.515. The van der Waals surface area contributed by atoms with Gasteiger partial charge in [0.25, 0.3) is 5.24 Å². The van der Waals surface area contributed by atoms with Crippen LogP contribution in [0, 0.1) is 5.92 Å². The molecule has 2 nitrogen and oxygen atoms in total. The van der Waals surface area contributed by atoms with E-state index in [4.69, 9.17) is 0 Å². The Morgan fingerprint density at radius 3 is 2.67 bits per heavy atom. The largest absolute Gasteiger partial charge is 0.351 e. The average Bonchev–Trinajstić information content (AvgIpc) is 2.93. The van der Waals surface area contributed by atoms with Gasteiger partial charge < -0.3 is 5.32 Å². The number of rotatable bonds is 2. The zero-order valence-electron chi connectivity index (χ0n) is 7.59. The van der Waals surface area contributed by atoms with Crippen LogP contribution in [0.2, 0.25) is 0 Å². The summed E-state index contributed by atoms with van der Waals surface area (Å²) in [5.41, 5.74) is 1.48. The van der Waals surface area contributed by atoms with Crippen molar-refractivity contribution < 1.29 is 4.79 Å². The molecule has 0 saturated carbocycles. The van der Waals surface area contributed by atoms with Crippen molar-refractivity contribution >= 4 is 15.3 Å². The molecule has 12 heavy (non-hydrogen) atoms. The molecule has 0 radical (unpaired) electrons. The number of nitrogens with one attached hydrogen (secondary N) is 1. The molecule has 3 heteroatoms. The summed E-state index contributed by atoms with van der Waals surface area (Å²) in [6.45, 7) is 2.16. The molecule has 1 heterocycles.